The van der Waals surface area contributed by atoms with Crippen molar-refractivity contribution in [3.63, 3.8) is 0 Å². The first kappa shape index (κ1) is 21.6. The molecule has 1 aromatic carbocycles. The Balaban J connectivity index is 2.92. The van der Waals surface area contributed by atoms with E-state index >= 15 is 0 Å². The van der Waals surface area contributed by atoms with Crippen LogP contribution in [0.3, 0.4) is 0 Å². The van der Waals surface area contributed by atoms with Crippen LogP contribution in [-0.2, 0) is 20.4 Å². The van der Waals surface area contributed by atoms with E-state index in [1.165, 1.54) is 6.08 Å². The Labute approximate surface area is 156 Å². The lowest BCUT2D eigenvalue weighted by atomic mass is 9.79. The molecule has 0 aliphatic rings. The van der Waals surface area contributed by atoms with Crippen molar-refractivity contribution in [1.82, 2.24) is 0 Å². The van der Waals surface area contributed by atoms with Crippen molar-refractivity contribution >= 4 is 17.7 Å². The van der Waals surface area contributed by atoms with E-state index in [1.807, 2.05) is 6.08 Å². The molecule has 0 aromatic heterocycles. The molecule has 0 unspecified atom stereocenters. The molecule has 0 spiro atoms. The Kier molecular flexibility index (Phi) is 7.61. The standard InChI is InChI=1S/C21H32O3S/c1-8-24-18(22)11-9-10-12-25-15-13-16(20(2,3)4)19(23)17(14-15)21(5,6)7/h9,11,13-14,23H,8,10,12H2,1-7H3/b11-9+. The van der Waals surface area contributed by atoms with Gasteiger partial charge in [-0.2, -0.15) is 0 Å². The van der Waals surface area contributed by atoms with Crippen molar-refractivity contribution in [1.29, 1.82) is 0 Å². The minimum Gasteiger partial charge on any atom is -0.507 e. The molecule has 0 radical (unpaired) electrons. The van der Waals surface area contributed by atoms with Crippen molar-refractivity contribution in [2.45, 2.75) is 70.6 Å². The molecule has 0 heterocycles. The highest BCUT2D eigenvalue weighted by molar-refractivity contribution is 7.99. The number of aromatic hydroxyl groups is 1. The summed E-state index contributed by atoms with van der Waals surface area (Å²) in [6.07, 6.45) is 4.13. The maximum atomic E-state index is 11.3. The minimum atomic E-state index is -0.290. The number of carbonyl (C=O) groups excluding carboxylic acids is 1. The van der Waals surface area contributed by atoms with Gasteiger partial charge in [-0.1, -0.05) is 47.6 Å². The molecule has 3 nitrogen and oxygen atoms in total. The molecule has 0 amide bonds. The van der Waals surface area contributed by atoms with Gasteiger partial charge in [0.1, 0.15) is 5.75 Å². The summed E-state index contributed by atoms with van der Waals surface area (Å²) in [7, 11) is 0. The molecular formula is C21H32O3S. The van der Waals surface area contributed by atoms with Gasteiger partial charge in [0.25, 0.3) is 0 Å². The molecule has 0 bridgehead atoms. The maximum Gasteiger partial charge on any atom is 0.330 e. The molecule has 140 valence electrons. The van der Waals surface area contributed by atoms with E-state index in [9.17, 15) is 9.90 Å². The Morgan fingerprint density at radius 3 is 2.08 bits per heavy atom. The SMILES string of the molecule is CCOC(=O)/C=C/CCSc1cc(C(C)(C)C)c(O)c(C(C)(C)C)c1. The summed E-state index contributed by atoms with van der Waals surface area (Å²) in [5.41, 5.74) is 1.71. The van der Waals surface area contributed by atoms with Crippen molar-refractivity contribution in [3.05, 3.63) is 35.4 Å². The van der Waals surface area contributed by atoms with Gasteiger partial charge in [0, 0.05) is 27.9 Å². The highest BCUT2D eigenvalue weighted by Gasteiger charge is 2.26. The molecule has 0 aliphatic carbocycles. The van der Waals surface area contributed by atoms with Gasteiger partial charge < -0.3 is 9.84 Å². The van der Waals surface area contributed by atoms with Crippen LogP contribution in [0.4, 0.5) is 0 Å². The van der Waals surface area contributed by atoms with E-state index in [1.54, 1.807) is 18.7 Å². The smallest absolute Gasteiger partial charge is 0.330 e. The zero-order valence-electron chi connectivity index (χ0n) is 16.6. The highest BCUT2D eigenvalue weighted by atomic mass is 32.2. The lowest BCUT2D eigenvalue weighted by Crippen LogP contribution is -2.17. The molecule has 4 heteroatoms. The second-order valence-electron chi connectivity index (χ2n) is 8.16. The fourth-order valence-corrected chi connectivity index (χ4v) is 3.34. The fourth-order valence-electron chi connectivity index (χ4n) is 2.45. The van der Waals surface area contributed by atoms with Crippen molar-refractivity contribution in [2.75, 3.05) is 12.4 Å². The molecule has 1 aromatic rings. The van der Waals surface area contributed by atoms with E-state index in [0.717, 1.165) is 28.2 Å². The first-order valence-corrected chi connectivity index (χ1v) is 9.79. The van der Waals surface area contributed by atoms with Crippen LogP contribution >= 0.6 is 11.8 Å². The van der Waals surface area contributed by atoms with E-state index < -0.39 is 0 Å². The van der Waals surface area contributed by atoms with Crippen LogP contribution < -0.4 is 0 Å². The van der Waals surface area contributed by atoms with Crippen LogP contribution in [0.2, 0.25) is 0 Å². The molecule has 1 rings (SSSR count). The van der Waals surface area contributed by atoms with Gasteiger partial charge in [-0.15, -0.1) is 11.8 Å². The molecule has 25 heavy (non-hydrogen) atoms. The zero-order valence-corrected chi connectivity index (χ0v) is 17.4. The van der Waals surface area contributed by atoms with Gasteiger partial charge in [-0.05, 0) is 36.3 Å². The number of phenols is 1. The maximum absolute atomic E-state index is 11.3. The summed E-state index contributed by atoms with van der Waals surface area (Å²) in [5, 5.41) is 10.7. The third-order valence-electron chi connectivity index (χ3n) is 3.79. The van der Waals surface area contributed by atoms with Gasteiger partial charge >= 0.3 is 5.97 Å². The number of rotatable bonds is 6. The predicted octanol–water partition coefficient (Wildman–Crippen LogP) is 5.59. The lowest BCUT2D eigenvalue weighted by Gasteiger charge is -2.28. The number of hydrogen-bond donors (Lipinski definition) is 1. The van der Waals surface area contributed by atoms with E-state index in [2.05, 4.69) is 53.7 Å². The number of carbonyl (C=O) groups is 1. The van der Waals surface area contributed by atoms with Crippen molar-refractivity contribution in [3.8, 4) is 5.75 Å². The average Bonchev–Trinajstić information content (AvgIpc) is 2.46. The van der Waals surface area contributed by atoms with E-state index in [0.29, 0.717) is 12.4 Å². The Morgan fingerprint density at radius 1 is 1.12 bits per heavy atom. The summed E-state index contributed by atoms with van der Waals surface area (Å²) in [5.74, 6) is 0.988. The number of phenolic OH excluding ortho intramolecular Hbond substituents is 1. The van der Waals surface area contributed by atoms with Gasteiger partial charge in [-0.3, -0.25) is 0 Å². The quantitative estimate of drug-likeness (QED) is 0.309. The molecular weight excluding hydrogens is 332 g/mol. The summed E-state index contributed by atoms with van der Waals surface area (Å²) in [6, 6.07) is 4.18. The van der Waals surface area contributed by atoms with Crippen molar-refractivity contribution < 1.29 is 14.6 Å². The number of thioether (sulfide) groups is 1. The largest absolute Gasteiger partial charge is 0.507 e. The van der Waals surface area contributed by atoms with E-state index in [4.69, 9.17) is 4.74 Å². The topological polar surface area (TPSA) is 46.5 Å². The van der Waals surface area contributed by atoms with Gasteiger partial charge in [-0.25, -0.2) is 4.79 Å². The lowest BCUT2D eigenvalue weighted by molar-refractivity contribution is -0.137. The Hall–Kier alpha value is -1.42. The van der Waals surface area contributed by atoms with Gasteiger partial charge in [0.2, 0.25) is 0 Å². The summed E-state index contributed by atoms with van der Waals surface area (Å²) < 4.78 is 4.87. The number of hydrogen-bond acceptors (Lipinski definition) is 4. The van der Waals surface area contributed by atoms with Crippen LogP contribution in [0, 0.1) is 0 Å². The molecule has 1 N–H and O–H groups in total. The molecule has 0 fully saturated rings. The van der Waals surface area contributed by atoms with Crippen LogP contribution in [0.5, 0.6) is 5.75 Å². The third-order valence-corrected chi connectivity index (χ3v) is 4.80. The monoisotopic (exact) mass is 364 g/mol. The van der Waals surface area contributed by atoms with Crippen molar-refractivity contribution in [2.24, 2.45) is 0 Å². The Bertz CT molecular complexity index is 584. The first-order valence-electron chi connectivity index (χ1n) is 8.81. The first-order chi connectivity index (χ1) is 11.5. The number of esters is 1. The number of allylic oxidation sites excluding steroid dienone is 1. The number of benzene rings is 1. The second-order valence-corrected chi connectivity index (χ2v) is 9.33. The summed E-state index contributed by atoms with van der Waals surface area (Å²) in [6.45, 7) is 14.9. The van der Waals surface area contributed by atoms with Crippen LogP contribution in [0.1, 0.15) is 66.0 Å². The molecule has 0 atom stereocenters. The summed E-state index contributed by atoms with van der Waals surface area (Å²) in [4.78, 5) is 12.4. The fraction of sp³-hybridized carbons (Fsp3) is 0.571. The van der Waals surface area contributed by atoms with Gasteiger partial charge in [0.15, 0.2) is 0 Å². The highest BCUT2D eigenvalue weighted by Crippen LogP contribution is 2.41. The van der Waals surface area contributed by atoms with Crippen LogP contribution in [0.15, 0.2) is 29.2 Å². The summed E-state index contributed by atoms with van der Waals surface area (Å²) >= 11 is 1.74. The van der Waals surface area contributed by atoms with Gasteiger partial charge in [0.05, 0.1) is 6.61 Å². The average molecular weight is 365 g/mol. The molecule has 0 aliphatic heterocycles. The third kappa shape index (κ3) is 6.77. The second kappa shape index (κ2) is 8.79. The molecule has 0 saturated carbocycles. The van der Waals surface area contributed by atoms with Crippen LogP contribution in [-0.4, -0.2) is 23.4 Å². The van der Waals surface area contributed by atoms with E-state index in [-0.39, 0.29) is 16.8 Å². The minimum absolute atomic E-state index is 0.121. The normalized spacial score (nSPS) is 12.6. The van der Waals surface area contributed by atoms with Crippen LogP contribution in [0.25, 0.3) is 0 Å². The Morgan fingerprint density at radius 2 is 1.64 bits per heavy atom. The predicted molar refractivity (Wildman–Crippen MR) is 107 cm³/mol. The molecule has 0 saturated heterocycles. The zero-order chi connectivity index (χ0) is 19.3. The number of ether oxygens (including phenoxy) is 1.